The van der Waals surface area contributed by atoms with Crippen LogP contribution in [0, 0.1) is 15.5 Å². The van der Waals surface area contributed by atoms with Crippen molar-refractivity contribution < 1.29 is 19.2 Å². The molecule has 1 fully saturated rings. The van der Waals surface area contributed by atoms with Gasteiger partial charge in [0.2, 0.25) is 5.91 Å². The number of ether oxygens (including phenoxy) is 1. The summed E-state index contributed by atoms with van der Waals surface area (Å²) < 4.78 is 4.91. The fraction of sp³-hybridized carbons (Fsp3) is 0.417. The molecule has 1 atom stereocenters. The Morgan fingerprint density at radius 3 is 2.29 bits per heavy atom. The molecule has 1 aliphatic rings. The predicted octanol–water partition coefficient (Wildman–Crippen LogP) is 3.99. The van der Waals surface area contributed by atoms with E-state index >= 15 is 0 Å². The molecular formula is C24H28N2O5. The highest BCUT2D eigenvalue weighted by Gasteiger charge is 2.42. The van der Waals surface area contributed by atoms with E-state index in [1.54, 1.807) is 12.1 Å². The van der Waals surface area contributed by atoms with E-state index in [1.807, 2.05) is 18.2 Å². The number of methoxy groups -OCH3 is 1. The van der Waals surface area contributed by atoms with E-state index in [4.69, 9.17) is 4.74 Å². The molecule has 1 aliphatic carbocycles. The van der Waals surface area contributed by atoms with Gasteiger partial charge in [-0.15, -0.1) is 0 Å². The number of hydrogen-bond donors (Lipinski definition) is 1. The predicted molar refractivity (Wildman–Crippen MR) is 116 cm³/mol. The first kappa shape index (κ1) is 22.5. The molecule has 164 valence electrons. The van der Waals surface area contributed by atoms with Gasteiger partial charge in [0.25, 0.3) is 5.69 Å². The molecule has 2 aromatic rings. The summed E-state index contributed by atoms with van der Waals surface area (Å²) in [6.07, 6.45) is 5.34. The quantitative estimate of drug-likeness (QED) is 0.373. The first-order chi connectivity index (χ1) is 14.9. The number of esters is 1. The maximum atomic E-state index is 13.3. The van der Waals surface area contributed by atoms with Crippen LogP contribution in [0.25, 0.3) is 0 Å². The minimum atomic E-state index is -0.840. The second-order valence-electron chi connectivity index (χ2n) is 8.15. The molecule has 7 nitrogen and oxygen atoms in total. The summed E-state index contributed by atoms with van der Waals surface area (Å²) in [5, 5.41) is 13.8. The first-order valence-corrected chi connectivity index (χ1v) is 10.6. The maximum Gasteiger partial charge on any atom is 0.328 e. The van der Waals surface area contributed by atoms with Gasteiger partial charge < -0.3 is 10.1 Å². The van der Waals surface area contributed by atoms with Gasteiger partial charge in [-0.3, -0.25) is 14.9 Å². The topological polar surface area (TPSA) is 98.5 Å². The van der Waals surface area contributed by atoms with Crippen molar-refractivity contribution in [1.29, 1.82) is 0 Å². The normalized spacial score (nSPS) is 15.8. The Bertz CT molecular complexity index is 905. The first-order valence-electron chi connectivity index (χ1n) is 10.6. The number of nitrogens with one attached hydrogen (secondary N) is 1. The Morgan fingerprint density at radius 1 is 1.06 bits per heavy atom. The second kappa shape index (κ2) is 10.2. The zero-order chi connectivity index (χ0) is 22.3. The summed E-state index contributed by atoms with van der Waals surface area (Å²) in [7, 11) is 1.29. The Balaban J connectivity index is 1.71. The number of hydrogen-bond acceptors (Lipinski definition) is 5. The van der Waals surface area contributed by atoms with Crippen LogP contribution in [0.1, 0.15) is 43.2 Å². The lowest BCUT2D eigenvalue weighted by atomic mass is 9.79. The molecule has 0 heterocycles. The van der Waals surface area contributed by atoms with Crippen LogP contribution in [0.3, 0.4) is 0 Å². The lowest BCUT2D eigenvalue weighted by Gasteiger charge is -2.30. The van der Waals surface area contributed by atoms with Gasteiger partial charge in [0.1, 0.15) is 6.04 Å². The van der Waals surface area contributed by atoms with Crippen LogP contribution in [0.5, 0.6) is 0 Å². The van der Waals surface area contributed by atoms with Crippen molar-refractivity contribution in [2.45, 2.75) is 51.0 Å². The molecule has 0 aliphatic heterocycles. The number of amides is 1. The number of benzene rings is 2. The van der Waals surface area contributed by atoms with Gasteiger partial charge in [0, 0.05) is 24.0 Å². The molecular weight excluding hydrogens is 396 g/mol. The van der Waals surface area contributed by atoms with Crippen LogP contribution in [-0.2, 0) is 27.2 Å². The lowest BCUT2D eigenvalue weighted by Crippen LogP contribution is -2.49. The number of carbonyl (C=O) groups excluding carboxylic acids is 2. The van der Waals surface area contributed by atoms with Gasteiger partial charge in [0.15, 0.2) is 0 Å². The van der Waals surface area contributed by atoms with Gasteiger partial charge in [-0.05, 0) is 36.8 Å². The summed E-state index contributed by atoms with van der Waals surface area (Å²) in [5.41, 5.74) is 1.40. The fourth-order valence-electron chi connectivity index (χ4n) is 4.31. The van der Waals surface area contributed by atoms with E-state index in [0.29, 0.717) is 5.56 Å². The van der Waals surface area contributed by atoms with Crippen molar-refractivity contribution in [2.24, 2.45) is 5.41 Å². The van der Waals surface area contributed by atoms with E-state index < -0.39 is 22.3 Å². The number of nitrogens with zero attached hydrogens (tertiary/aromatic N) is 1. The number of rotatable bonds is 9. The maximum absolute atomic E-state index is 13.3. The fourth-order valence-corrected chi connectivity index (χ4v) is 4.31. The van der Waals surface area contributed by atoms with Gasteiger partial charge in [0.05, 0.1) is 12.0 Å². The monoisotopic (exact) mass is 424 g/mol. The lowest BCUT2D eigenvalue weighted by molar-refractivity contribution is -0.384. The number of carbonyl (C=O) groups is 2. The molecule has 1 saturated carbocycles. The standard InChI is InChI=1S/C24H28N2O5/c1-31-22(27)21(17-19-9-11-20(12-10-19)26(29)30)25-23(28)24(14-5-6-15-24)16-13-18-7-3-2-4-8-18/h2-4,7-12,21H,5-6,13-17H2,1H3,(H,25,28). The Labute approximate surface area is 182 Å². The number of non-ortho nitro benzene ring substituents is 1. The Kier molecular flexibility index (Phi) is 7.39. The molecule has 0 radical (unpaired) electrons. The zero-order valence-electron chi connectivity index (χ0n) is 17.7. The SMILES string of the molecule is COC(=O)C(Cc1ccc([N+](=O)[O-])cc1)NC(=O)C1(CCc2ccccc2)CCCC1. The van der Waals surface area contributed by atoms with Crippen molar-refractivity contribution in [3.05, 3.63) is 75.8 Å². The van der Waals surface area contributed by atoms with Crippen LogP contribution in [-0.4, -0.2) is 30.0 Å². The average molecular weight is 424 g/mol. The molecule has 1 N–H and O–H groups in total. The minimum Gasteiger partial charge on any atom is -0.467 e. The Morgan fingerprint density at radius 2 is 1.71 bits per heavy atom. The smallest absolute Gasteiger partial charge is 0.328 e. The van der Waals surface area contributed by atoms with Crippen molar-refractivity contribution in [3.8, 4) is 0 Å². The van der Waals surface area contributed by atoms with E-state index in [2.05, 4.69) is 17.4 Å². The summed E-state index contributed by atoms with van der Waals surface area (Å²) in [4.78, 5) is 36.1. The minimum absolute atomic E-state index is 0.0202. The highest BCUT2D eigenvalue weighted by molar-refractivity contribution is 5.88. The van der Waals surface area contributed by atoms with Gasteiger partial charge in [-0.25, -0.2) is 4.79 Å². The van der Waals surface area contributed by atoms with Crippen LogP contribution in [0.2, 0.25) is 0 Å². The molecule has 0 spiro atoms. The van der Waals surface area contributed by atoms with E-state index in [9.17, 15) is 19.7 Å². The van der Waals surface area contributed by atoms with E-state index in [-0.39, 0.29) is 18.0 Å². The molecule has 0 bridgehead atoms. The molecule has 0 saturated heterocycles. The van der Waals surface area contributed by atoms with Crippen LogP contribution in [0.15, 0.2) is 54.6 Å². The van der Waals surface area contributed by atoms with Gasteiger partial charge in [-0.2, -0.15) is 0 Å². The third-order valence-corrected chi connectivity index (χ3v) is 6.16. The number of nitro benzene ring substituents is 1. The molecule has 2 aromatic carbocycles. The third-order valence-electron chi connectivity index (χ3n) is 6.16. The second-order valence-corrected chi connectivity index (χ2v) is 8.15. The summed E-state index contributed by atoms with van der Waals surface area (Å²) in [6, 6.07) is 15.2. The molecule has 3 rings (SSSR count). The van der Waals surface area contributed by atoms with Crippen molar-refractivity contribution in [2.75, 3.05) is 7.11 Å². The molecule has 1 unspecified atom stereocenters. The van der Waals surface area contributed by atoms with E-state index in [0.717, 1.165) is 38.5 Å². The molecule has 7 heteroatoms. The average Bonchev–Trinajstić information content (AvgIpc) is 3.28. The summed E-state index contributed by atoms with van der Waals surface area (Å²) in [6.45, 7) is 0. The third kappa shape index (κ3) is 5.69. The van der Waals surface area contributed by atoms with Gasteiger partial charge >= 0.3 is 5.97 Å². The molecule has 1 amide bonds. The summed E-state index contributed by atoms with van der Waals surface area (Å²) >= 11 is 0. The van der Waals surface area contributed by atoms with Crippen LogP contribution < -0.4 is 5.32 Å². The van der Waals surface area contributed by atoms with Crippen LogP contribution in [0.4, 0.5) is 5.69 Å². The van der Waals surface area contributed by atoms with Crippen molar-refractivity contribution in [1.82, 2.24) is 5.32 Å². The van der Waals surface area contributed by atoms with Crippen molar-refractivity contribution >= 4 is 17.6 Å². The molecule has 0 aromatic heterocycles. The van der Waals surface area contributed by atoms with Gasteiger partial charge in [-0.1, -0.05) is 55.3 Å². The van der Waals surface area contributed by atoms with E-state index in [1.165, 1.54) is 24.8 Å². The Hall–Kier alpha value is -3.22. The van der Waals surface area contributed by atoms with Crippen molar-refractivity contribution in [3.63, 3.8) is 0 Å². The largest absolute Gasteiger partial charge is 0.467 e. The molecule has 31 heavy (non-hydrogen) atoms. The highest BCUT2D eigenvalue weighted by atomic mass is 16.6. The highest BCUT2D eigenvalue weighted by Crippen LogP contribution is 2.42. The zero-order valence-corrected chi connectivity index (χ0v) is 17.7. The number of aryl methyl sites for hydroxylation is 1. The van der Waals surface area contributed by atoms with Crippen LogP contribution >= 0.6 is 0 Å². The summed E-state index contributed by atoms with van der Waals surface area (Å²) in [5.74, 6) is -0.638. The number of nitro groups is 1.